The van der Waals surface area contributed by atoms with Gasteiger partial charge in [-0.05, 0) is 227 Å². The summed E-state index contributed by atoms with van der Waals surface area (Å²) in [6.45, 7) is 0.396. The predicted octanol–water partition coefficient (Wildman–Crippen LogP) is 10.0. The number of esters is 8. The Hall–Kier alpha value is -8.70. The number of aromatic carboxylic acids is 2. The fraction of sp³-hybridized carbons (Fsp3) is 0.559. The third-order valence-electron chi connectivity index (χ3n) is 17.7. The van der Waals surface area contributed by atoms with Crippen molar-refractivity contribution < 1.29 is 116 Å². The standard InChI is InChI=1S/C36H52O12.C32H30O12/c37-31(38)21-1-5-23(6-2-21)33(41)45-27-13-17-29(18-14-27)47-35(43)25-9-11-26(12-10-25)36(44)48-30-19-15-28(16-20-30)46-34(42)24-7-3-22(4-8-24)32(39)40;33-27(34)21-5-9-23(10-6-21)29(37)41-17-1-3-19-43-31(39)25-13-15-26(16-14-25)32(40)44-20-4-2-18-42-30(38)24-11-7-22(8-12-24)28(35)36/h21-30H,1-20H2,(H,37,38)(H,39,40);5-16H,1-4,17-20H2,(H,33,34)(H,35,36). The van der Waals surface area contributed by atoms with Crippen LogP contribution in [-0.4, -0.2) is 143 Å². The summed E-state index contributed by atoms with van der Waals surface area (Å²) in [6.07, 6.45) is 12.5. The second kappa shape index (κ2) is 35.8. The van der Waals surface area contributed by atoms with E-state index < -0.39 is 47.8 Å². The van der Waals surface area contributed by atoms with Gasteiger partial charge in [-0.15, -0.1) is 0 Å². The van der Waals surface area contributed by atoms with E-state index in [1.54, 1.807) is 0 Å². The Labute approximate surface area is 532 Å². The number of carbonyl (C=O) groups is 12. The molecule has 24 heteroatoms. The lowest BCUT2D eigenvalue weighted by molar-refractivity contribution is -0.167. The van der Waals surface area contributed by atoms with Gasteiger partial charge in [0.15, 0.2) is 0 Å². The molecule has 5 fully saturated rings. The number of hydrogen-bond acceptors (Lipinski definition) is 20. The van der Waals surface area contributed by atoms with Crippen LogP contribution in [0.15, 0.2) is 72.8 Å². The minimum atomic E-state index is -1.09. The Morgan fingerprint density at radius 1 is 0.261 bits per heavy atom. The molecule has 5 aliphatic rings. The Bertz CT molecular complexity index is 2800. The summed E-state index contributed by atoms with van der Waals surface area (Å²) >= 11 is 0. The monoisotopic (exact) mass is 1280 g/mol. The topological polar surface area (TPSA) is 360 Å². The van der Waals surface area contributed by atoms with Gasteiger partial charge >= 0.3 is 71.6 Å². The molecule has 8 rings (SSSR count). The lowest BCUT2D eigenvalue weighted by Crippen LogP contribution is -2.36. The zero-order chi connectivity index (χ0) is 66.1. The van der Waals surface area contributed by atoms with Gasteiger partial charge in [0, 0.05) is 0 Å². The molecule has 498 valence electrons. The first kappa shape index (κ1) is 70.8. The lowest BCUT2D eigenvalue weighted by atomic mass is 9.81. The van der Waals surface area contributed by atoms with Gasteiger partial charge in [-0.2, -0.15) is 0 Å². The van der Waals surface area contributed by atoms with Crippen LogP contribution in [0, 0.1) is 35.5 Å². The van der Waals surface area contributed by atoms with Gasteiger partial charge in [0.1, 0.15) is 24.4 Å². The molecule has 0 saturated heterocycles. The molecule has 0 unspecified atom stereocenters. The molecule has 3 aromatic rings. The second-order valence-corrected chi connectivity index (χ2v) is 24.2. The molecule has 0 radical (unpaired) electrons. The number of carboxylic acid groups (broad SMARTS) is 4. The van der Waals surface area contributed by atoms with E-state index in [1.165, 1.54) is 72.8 Å². The average molecular weight is 1280 g/mol. The van der Waals surface area contributed by atoms with Crippen molar-refractivity contribution in [3.05, 3.63) is 106 Å². The van der Waals surface area contributed by atoms with Crippen LogP contribution in [0.3, 0.4) is 0 Å². The molecule has 92 heavy (non-hydrogen) atoms. The van der Waals surface area contributed by atoms with Gasteiger partial charge in [-0.25, -0.2) is 28.8 Å². The SMILES string of the molecule is O=C(O)C1CCC(C(=O)OC2CCC(OC(=O)C3CCC(C(=O)OC4CCC(OC(=O)C5CCC(C(=O)O)CC5)CC4)CC3)CC2)CC1.O=C(O)c1ccc(C(=O)OCCCCOC(=O)c2ccc(C(=O)OCCCCOC(=O)c3ccc(C(=O)O)cc3)cc2)cc1. The third-order valence-corrected chi connectivity index (χ3v) is 17.7. The molecule has 5 aliphatic carbocycles. The van der Waals surface area contributed by atoms with Crippen molar-refractivity contribution in [2.45, 2.75) is 179 Å². The highest BCUT2D eigenvalue weighted by atomic mass is 16.6. The smallest absolute Gasteiger partial charge is 0.338 e. The van der Waals surface area contributed by atoms with Crippen molar-refractivity contribution in [1.29, 1.82) is 0 Å². The van der Waals surface area contributed by atoms with E-state index in [0.29, 0.717) is 154 Å². The van der Waals surface area contributed by atoms with E-state index in [0.717, 1.165) is 0 Å². The molecular formula is C68H82O24. The molecule has 0 amide bonds. The summed E-state index contributed by atoms with van der Waals surface area (Å²) in [6, 6.07) is 16.5. The molecule has 0 aliphatic heterocycles. The van der Waals surface area contributed by atoms with E-state index >= 15 is 0 Å². The Morgan fingerprint density at radius 2 is 0.435 bits per heavy atom. The maximum absolute atomic E-state index is 12.9. The van der Waals surface area contributed by atoms with Crippen LogP contribution >= 0.6 is 0 Å². The van der Waals surface area contributed by atoms with Crippen molar-refractivity contribution in [3.8, 4) is 0 Å². The Balaban J connectivity index is 0.000000262. The molecule has 0 atom stereocenters. The number of unbranched alkanes of at least 4 members (excludes halogenated alkanes) is 2. The van der Waals surface area contributed by atoms with E-state index in [2.05, 4.69) is 0 Å². The summed E-state index contributed by atoms with van der Waals surface area (Å²) in [4.78, 5) is 144. The first-order valence-electron chi connectivity index (χ1n) is 31.9. The lowest BCUT2D eigenvalue weighted by Gasteiger charge is -2.33. The average Bonchev–Trinajstić information content (AvgIpc) is 1.62. The molecule has 5 saturated carbocycles. The van der Waals surface area contributed by atoms with E-state index in [-0.39, 0.29) is 144 Å². The van der Waals surface area contributed by atoms with Crippen molar-refractivity contribution >= 4 is 71.6 Å². The van der Waals surface area contributed by atoms with E-state index in [1.807, 2.05) is 0 Å². The molecule has 0 spiro atoms. The summed E-state index contributed by atoms with van der Waals surface area (Å²) < 4.78 is 43.8. The first-order chi connectivity index (χ1) is 44.2. The van der Waals surface area contributed by atoms with E-state index in [9.17, 15) is 57.5 Å². The summed E-state index contributed by atoms with van der Waals surface area (Å²) in [7, 11) is 0. The number of aliphatic carboxylic acids is 2. The van der Waals surface area contributed by atoms with Crippen LogP contribution in [0.2, 0.25) is 0 Å². The molecule has 4 N–H and O–H groups in total. The maximum Gasteiger partial charge on any atom is 0.338 e. The van der Waals surface area contributed by atoms with Crippen LogP contribution in [0.25, 0.3) is 0 Å². The number of carboxylic acids is 4. The minimum absolute atomic E-state index is 0.0643. The molecule has 3 aromatic carbocycles. The predicted molar refractivity (Wildman–Crippen MR) is 321 cm³/mol. The maximum atomic E-state index is 12.9. The highest BCUT2D eigenvalue weighted by molar-refractivity contribution is 5.94. The second-order valence-electron chi connectivity index (χ2n) is 24.2. The number of carbonyl (C=O) groups excluding carboxylic acids is 8. The normalized spacial score (nSPS) is 23.6. The number of ether oxygens (including phenoxy) is 8. The van der Waals surface area contributed by atoms with Crippen molar-refractivity contribution in [1.82, 2.24) is 0 Å². The van der Waals surface area contributed by atoms with Crippen LogP contribution < -0.4 is 0 Å². The molecule has 0 bridgehead atoms. The zero-order valence-corrected chi connectivity index (χ0v) is 51.5. The summed E-state index contributed by atoms with van der Waals surface area (Å²) in [5.41, 5.74) is 1.09. The van der Waals surface area contributed by atoms with Crippen LogP contribution in [0.1, 0.15) is 216 Å². The van der Waals surface area contributed by atoms with Gasteiger partial charge in [0.05, 0.1) is 95.3 Å². The molecule has 24 nitrogen and oxygen atoms in total. The Morgan fingerprint density at radius 3 is 0.609 bits per heavy atom. The quantitative estimate of drug-likeness (QED) is 0.0330. The van der Waals surface area contributed by atoms with Gasteiger partial charge in [-0.1, -0.05) is 0 Å². The number of hydrogen-bond donors (Lipinski definition) is 4. The highest BCUT2D eigenvalue weighted by Gasteiger charge is 2.38. The third kappa shape index (κ3) is 22.3. The first-order valence-corrected chi connectivity index (χ1v) is 31.9. The number of rotatable bonds is 26. The fourth-order valence-electron chi connectivity index (χ4n) is 11.9. The minimum Gasteiger partial charge on any atom is -0.481 e. The zero-order valence-electron chi connectivity index (χ0n) is 51.5. The number of benzene rings is 3. The van der Waals surface area contributed by atoms with Gasteiger partial charge in [0.25, 0.3) is 0 Å². The van der Waals surface area contributed by atoms with Crippen LogP contribution in [-0.2, 0) is 66.7 Å². The van der Waals surface area contributed by atoms with Gasteiger partial charge in [-0.3, -0.25) is 28.8 Å². The summed E-state index contributed by atoms with van der Waals surface area (Å²) in [5, 5.41) is 36.1. The Kier molecular flexibility index (Phi) is 27.5. The molecular weight excluding hydrogens is 1200 g/mol. The molecule has 0 aromatic heterocycles. The van der Waals surface area contributed by atoms with Crippen LogP contribution in [0.4, 0.5) is 0 Å². The fourth-order valence-corrected chi connectivity index (χ4v) is 11.9. The largest absolute Gasteiger partial charge is 0.481 e. The van der Waals surface area contributed by atoms with E-state index in [4.69, 9.17) is 58.3 Å². The van der Waals surface area contributed by atoms with Crippen LogP contribution in [0.5, 0.6) is 0 Å². The molecule has 0 heterocycles. The van der Waals surface area contributed by atoms with Crippen molar-refractivity contribution in [2.75, 3.05) is 26.4 Å². The van der Waals surface area contributed by atoms with Crippen molar-refractivity contribution in [2.24, 2.45) is 35.5 Å². The summed E-state index contributed by atoms with van der Waals surface area (Å²) in [5.74, 6) is -8.70. The van der Waals surface area contributed by atoms with Gasteiger partial charge in [0.2, 0.25) is 0 Å². The highest BCUT2D eigenvalue weighted by Crippen LogP contribution is 2.36. The van der Waals surface area contributed by atoms with Gasteiger partial charge < -0.3 is 58.3 Å². The van der Waals surface area contributed by atoms with Crippen molar-refractivity contribution in [3.63, 3.8) is 0 Å².